The molecule has 1 aromatic rings. The Morgan fingerprint density at radius 3 is 2.63 bits per heavy atom. The number of hydrogen-bond acceptors (Lipinski definition) is 3. The van der Waals surface area contributed by atoms with E-state index in [1.807, 2.05) is 0 Å². The molecule has 0 aromatic heterocycles. The number of benzene rings is 1. The minimum Gasteiger partial charge on any atom is -0.376 e. The van der Waals surface area contributed by atoms with Crippen LogP contribution >= 0.6 is 0 Å². The van der Waals surface area contributed by atoms with Crippen LogP contribution in [-0.4, -0.2) is 37.9 Å². The van der Waals surface area contributed by atoms with E-state index in [1.165, 1.54) is 6.07 Å². The highest BCUT2D eigenvalue weighted by Gasteiger charge is 2.32. The van der Waals surface area contributed by atoms with Crippen molar-refractivity contribution < 1.29 is 27.4 Å². The number of halogens is 3. The van der Waals surface area contributed by atoms with Crippen LogP contribution in [0.2, 0.25) is 0 Å². The van der Waals surface area contributed by atoms with Crippen molar-refractivity contribution >= 4 is 5.91 Å². The van der Waals surface area contributed by atoms with Gasteiger partial charge in [0.2, 0.25) is 5.91 Å². The maximum absolute atomic E-state index is 12.9. The minimum atomic E-state index is -4.39. The van der Waals surface area contributed by atoms with Gasteiger partial charge in [0.15, 0.2) is 0 Å². The molecule has 1 saturated heterocycles. The molecular formula is C20H28F3NO3. The lowest BCUT2D eigenvalue weighted by molar-refractivity contribution is -0.138. The smallest absolute Gasteiger partial charge is 0.376 e. The highest BCUT2D eigenvalue weighted by atomic mass is 19.4. The SMILES string of the molecule is CC(OCC1CCCCO1)C(=O)NCC(C)(C)c1cccc(C(F)(F)F)c1. The Balaban J connectivity index is 1.87. The third-order valence-electron chi connectivity index (χ3n) is 4.85. The van der Waals surface area contributed by atoms with Crippen LogP contribution in [0, 0.1) is 0 Å². The molecule has 2 rings (SSSR count). The van der Waals surface area contributed by atoms with Gasteiger partial charge in [-0.2, -0.15) is 13.2 Å². The van der Waals surface area contributed by atoms with E-state index in [4.69, 9.17) is 9.47 Å². The summed E-state index contributed by atoms with van der Waals surface area (Å²) in [5.74, 6) is -0.286. The zero-order valence-electron chi connectivity index (χ0n) is 16.1. The molecule has 1 N–H and O–H groups in total. The molecule has 0 saturated carbocycles. The van der Waals surface area contributed by atoms with Crippen LogP contribution in [-0.2, 0) is 25.9 Å². The minimum absolute atomic E-state index is 0.0237. The lowest BCUT2D eigenvalue weighted by Gasteiger charge is -2.28. The van der Waals surface area contributed by atoms with Crippen molar-refractivity contribution in [3.8, 4) is 0 Å². The standard InChI is InChI=1S/C20H28F3NO3/c1-14(27-12-17-9-4-5-10-26-17)18(25)24-13-19(2,3)15-7-6-8-16(11-15)20(21,22)23/h6-8,11,14,17H,4-5,9-10,12-13H2,1-3H3,(H,24,25). The fourth-order valence-corrected chi connectivity index (χ4v) is 2.94. The molecule has 0 aliphatic carbocycles. The van der Waals surface area contributed by atoms with Crippen LogP contribution < -0.4 is 5.32 Å². The van der Waals surface area contributed by atoms with Gasteiger partial charge in [-0.3, -0.25) is 4.79 Å². The Bertz CT molecular complexity index is 625. The van der Waals surface area contributed by atoms with E-state index in [2.05, 4.69) is 5.32 Å². The normalized spacial score (nSPS) is 19.6. The van der Waals surface area contributed by atoms with Gasteiger partial charge >= 0.3 is 6.18 Å². The molecule has 4 nitrogen and oxygen atoms in total. The van der Waals surface area contributed by atoms with Crippen molar-refractivity contribution in [1.82, 2.24) is 5.32 Å². The number of rotatable bonds is 7. The molecular weight excluding hydrogens is 359 g/mol. The molecule has 2 atom stereocenters. The van der Waals surface area contributed by atoms with E-state index < -0.39 is 23.3 Å². The highest BCUT2D eigenvalue weighted by molar-refractivity contribution is 5.80. The van der Waals surface area contributed by atoms with Gasteiger partial charge < -0.3 is 14.8 Å². The summed E-state index contributed by atoms with van der Waals surface area (Å²) in [4.78, 5) is 12.3. The highest BCUT2D eigenvalue weighted by Crippen LogP contribution is 2.32. The van der Waals surface area contributed by atoms with Crippen LogP contribution in [0.25, 0.3) is 0 Å². The summed E-state index contributed by atoms with van der Waals surface area (Å²) in [6, 6.07) is 5.20. The Morgan fingerprint density at radius 2 is 2.00 bits per heavy atom. The fourth-order valence-electron chi connectivity index (χ4n) is 2.94. The van der Waals surface area contributed by atoms with Gasteiger partial charge in [0, 0.05) is 18.6 Å². The van der Waals surface area contributed by atoms with Gasteiger partial charge in [0.05, 0.1) is 18.3 Å². The predicted octanol–water partition coefficient (Wildman–Crippen LogP) is 4.07. The van der Waals surface area contributed by atoms with E-state index in [-0.39, 0.29) is 18.6 Å². The lowest BCUT2D eigenvalue weighted by Crippen LogP contribution is -2.42. The fraction of sp³-hybridized carbons (Fsp3) is 0.650. The van der Waals surface area contributed by atoms with E-state index in [1.54, 1.807) is 26.8 Å². The number of carbonyl (C=O) groups is 1. The molecule has 1 heterocycles. The number of carbonyl (C=O) groups excluding carboxylic acids is 1. The molecule has 7 heteroatoms. The maximum Gasteiger partial charge on any atom is 0.416 e. The molecule has 1 fully saturated rings. The van der Waals surface area contributed by atoms with E-state index >= 15 is 0 Å². The first kappa shape index (κ1) is 21.7. The van der Waals surface area contributed by atoms with Crippen molar-refractivity contribution in [2.45, 2.75) is 63.8 Å². The van der Waals surface area contributed by atoms with Crippen LogP contribution in [0.1, 0.15) is 51.2 Å². The molecule has 1 aromatic carbocycles. The molecule has 27 heavy (non-hydrogen) atoms. The molecule has 0 radical (unpaired) electrons. The topological polar surface area (TPSA) is 47.6 Å². The van der Waals surface area contributed by atoms with Crippen molar-refractivity contribution in [2.75, 3.05) is 19.8 Å². The average molecular weight is 387 g/mol. The largest absolute Gasteiger partial charge is 0.416 e. The second kappa shape index (κ2) is 9.06. The number of amides is 1. The summed E-state index contributed by atoms with van der Waals surface area (Å²) in [6.07, 6.45) is -1.93. The number of alkyl halides is 3. The average Bonchev–Trinajstić information content (AvgIpc) is 2.64. The first-order valence-electron chi connectivity index (χ1n) is 9.28. The van der Waals surface area contributed by atoms with Crippen LogP contribution in [0.5, 0.6) is 0 Å². The van der Waals surface area contributed by atoms with Crippen LogP contribution in [0.4, 0.5) is 13.2 Å². The van der Waals surface area contributed by atoms with E-state index in [0.29, 0.717) is 12.2 Å². The monoisotopic (exact) mass is 387 g/mol. The molecule has 2 unspecified atom stereocenters. The summed E-state index contributed by atoms with van der Waals surface area (Å²) >= 11 is 0. The van der Waals surface area contributed by atoms with E-state index in [0.717, 1.165) is 38.0 Å². The zero-order chi connectivity index (χ0) is 20.1. The van der Waals surface area contributed by atoms with Crippen molar-refractivity contribution in [3.63, 3.8) is 0 Å². The van der Waals surface area contributed by atoms with Gasteiger partial charge in [-0.1, -0.05) is 32.0 Å². The molecule has 0 spiro atoms. The Morgan fingerprint density at radius 1 is 1.30 bits per heavy atom. The Kier molecular flexibility index (Phi) is 7.28. The lowest BCUT2D eigenvalue weighted by atomic mass is 9.83. The Hall–Kier alpha value is -1.60. The molecule has 0 bridgehead atoms. The second-order valence-corrected chi connectivity index (χ2v) is 7.64. The van der Waals surface area contributed by atoms with Gasteiger partial charge in [0.25, 0.3) is 0 Å². The van der Waals surface area contributed by atoms with Gasteiger partial charge in [-0.25, -0.2) is 0 Å². The third kappa shape index (κ3) is 6.50. The molecule has 152 valence electrons. The molecule has 1 amide bonds. The zero-order valence-corrected chi connectivity index (χ0v) is 16.1. The number of hydrogen-bond donors (Lipinski definition) is 1. The van der Waals surface area contributed by atoms with Crippen molar-refractivity contribution in [2.24, 2.45) is 0 Å². The second-order valence-electron chi connectivity index (χ2n) is 7.64. The number of ether oxygens (including phenoxy) is 2. The van der Waals surface area contributed by atoms with Gasteiger partial charge in [-0.15, -0.1) is 0 Å². The van der Waals surface area contributed by atoms with Gasteiger partial charge in [-0.05, 0) is 37.8 Å². The first-order valence-corrected chi connectivity index (χ1v) is 9.28. The van der Waals surface area contributed by atoms with Crippen molar-refractivity contribution in [3.05, 3.63) is 35.4 Å². The van der Waals surface area contributed by atoms with E-state index in [9.17, 15) is 18.0 Å². The summed E-state index contributed by atoms with van der Waals surface area (Å²) in [7, 11) is 0. The third-order valence-corrected chi connectivity index (χ3v) is 4.85. The predicted molar refractivity (Wildman–Crippen MR) is 96.5 cm³/mol. The summed E-state index contributed by atoms with van der Waals surface area (Å²) < 4.78 is 49.9. The maximum atomic E-state index is 12.9. The summed E-state index contributed by atoms with van der Waals surface area (Å²) in [5, 5.41) is 2.78. The quantitative estimate of drug-likeness (QED) is 0.767. The molecule has 1 aliphatic rings. The van der Waals surface area contributed by atoms with Gasteiger partial charge in [0.1, 0.15) is 6.10 Å². The summed E-state index contributed by atoms with van der Waals surface area (Å²) in [6.45, 7) is 6.55. The van der Waals surface area contributed by atoms with Crippen LogP contribution in [0.15, 0.2) is 24.3 Å². The Labute approximate surface area is 158 Å². The van der Waals surface area contributed by atoms with Crippen molar-refractivity contribution in [1.29, 1.82) is 0 Å². The van der Waals surface area contributed by atoms with Crippen LogP contribution in [0.3, 0.4) is 0 Å². The first-order chi connectivity index (χ1) is 12.6. The number of nitrogens with one attached hydrogen (secondary N) is 1. The summed E-state index contributed by atoms with van der Waals surface area (Å²) in [5.41, 5.74) is -0.825. The molecule has 1 aliphatic heterocycles.